The van der Waals surface area contributed by atoms with Gasteiger partial charge in [0.15, 0.2) is 0 Å². The monoisotopic (exact) mass is 208 g/mol. The topological polar surface area (TPSA) is 40.5 Å². The van der Waals surface area contributed by atoms with Crippen LogP contribution in [0.25, 0.3) is 0 Å². The number of allylic oxidation sites excluding steroid dienone is 1. The summed E-state index contributed by atoms with van der Waals surface area (Å²) in [4.78, 5) is 0. The van der Waals surface area contributed by atoms with E-state index in [-0.39, 0.29) is 11.5 Å². The molecule has 0 aromatic carbocycles. The maximum Gasteiger partial charge on any atom is 0.112 e. The lowest BCUT2D eigenvalue weighted by molar-refractivity contribution is 0.117. The highest BCUT2D eigenvalue weighted by Crippen LogP contribution is 2.39. The summed E-state index contributed by atoms with van der Waals surface area (Å²) < 4.78 is 0. The molecule has 84 valence electrons. The van der Waals surface area contributed by atoms with E-state index >= 15 is 0 Å². The first kappa shape index (κ1) is 12.3. The van der Waals surface area contributed by atoms with Crippen molar-refractivity contribution in [2.24, 2.45) is 5.41 Å². The van der Waals surface area contributed by atoms with Crippen LogP contribution in [-0.4, -0.2) is 22.4 Å². The first-order chi connectivity index (χ1) is 6.83. The molecule has 1 rings (SSSR count). The van der Waals surface area contributed by atoms with Crippen molar-refractivity contribution in [3.8, 4) is 11.8 Å². The Morgan fingerprint density at radius 1 is 1.47 bits per heavy atom. The summed E-state index contributed by atoms with van der Waals surface area (Å²) in [7, 11) is 0. The van der Waals surface area contributed by atoms with Crippen molar-refractivity contribution in [1.82, 2.24) is 0 Å². The lowest BCUT2D eigenvalue weighted by atomic mass is 9.72. The smallest absolute Gasteiger partial charge is 0.112 e. The van der Waals surface area contributed by atoms with Gasteiger partial charge in [-0.1, -0.05) is 31.3 Å². The van der Waals surface area contributed by atoms with Gasteiger partial charge in [-0.2, -0.15) is 0 Å². The number of aliphatic hydroxyl groups is 2. The summed E-state index contributed by atoms with van der Waals surface area (Å²) in [5.74, 6) is 5.83. The molecule has 2 unspecified atom stereocenters. The third-order valence-electron chi connectivity index (χ3n) is 2.80. The van der Waals surface area contributed by atoms with E-state index in [0.29, 0.717) is 6.42 Å². The lowest BCUT2D eigenvalue weighted by Gasteiger charge is -2.34. The predicted molar refractivity (Wildman–Crippen MR) is 61.2 cm³/mol. The first-order valence-corrected chi connectivity index (χ1v) is 5.41. The van der Waals surface area contributed by atoms with Crippen molar-refractivity contribution < 1.29 is 10.2 Å². The van der Waals surface area contributed by atoms with Gasteiger partial charge < -0.3 is 10.2 Å². The van der Waals surface area contributed by atoms with Gasteiger partial charge in [0.05, 0.1) is 6.10 Å². The Bertz CT molecular complexity index is 326. The molecule has 1 aliphatic carbocycles. The van der Waals surface area contributed by atoms with Gasteiger partial charge in [-0.3, -0.25) is 0 Å². The second-order valence-electron chi connectivity index (χ2n) is 5.05. The first-order valence-electron chi connectivity index (χ1n) is 5.41. The van der Waals surface area contributed by atoms with Crippen LogP contribution >= 0.6 is 0 Å². The van der Waals surface area contributed by atoms with Gasteiger partial charge in [0.1, 0.15) is 6.10 Å². The fraction of sp³-hybridized carbons (Fsp3) is 0.692. The van der Waals surface area contributed by atoms with Gasteiger partial charge in [-0.05, 0) is 26.7 Å². The normalized spacial score (nSPS) is 26.9. The molecule has 0 saturated heterocycles. The molecule has 0 saturated carbocycles. The molecular weight excluding hydrogens is 188 g/mol. The highest BCUT2D eigenvalue weighted by Gasteiger charge is 2.31. The minimum absolute atomic E-state index is 0.0797. The van der Waals surface area contributed by atoms with Crippen molar-refractivity contribution in [2.45, 2.75) is 52.7 Å². The van der Waals surface area contributed by atoms with E-state index < -0.39 is 6.10 Å². The molecule has 2 heteroatoms. The van der Waals surface area contributed by atoms with Crippen LogP contribution in [0.3, 0.4) is 0 Å². The summed E-state index contributed by atoms with van der Waals surface area (Å²) in [6, 6.07) is 0. The van der Waals surface area contributed by atoms with Crippen LogP contribution in [0.15, 0.2) is 11.1 Å². The van der Waals surface area contributed by atoms with E-state index in [4.69, 9.17) is 5.11 Å². The largest absolute Gasteiger partial charge is 0.393 e. The van der Waals surface area contributed by atoms with Gasteiger partial charge in [0.2, 0.25) is 0 Å². The van der Waals surface area contributed by atoms with Crippen molar-refractivity contribution in [2.75, 3.05) is 0 Å². The molecule has 2 atom stereocenters. The molecule has 0 spiro atoms. The van der Waals surface area contributed by atoms with Crippen LogP contribution < -0.4 is 0 Å². The van der Waals surface area contributed by atoms with Crippen LogP contribution in [0, 0.1) is 17.3 Å². The molecule has 0 amide bonds. The molecular formula is C13H20O2. The van der Waals surface area contributed by atoms with E-state index in [0.717, 1.165) is 17.6 Å². The molecule has 15 heavy (non-hydrogen) atoms. The van der Waals surface area contributed by atoms with E-state index in [1.807, 2.05) is 6.92 Å². The van der Waals surface area contributed by atoms with E-state index in [1.54, 1.807) is 6.92 Å². The number of rotatable bonds is 0. The molecule has 0 heterocycles. The lowest BCUT2D eigenvalue weighted by Crippen LogP contribution is -2.28. The molecule has 0 aromatic rings. The molecule has 0 radical (unpaired) electrons. The van der Waals surface area contributed by atoms with Crippen LogP contribution in [0.1, 0.15) is 40.5 Å². The summed E-state index contributed by atoms with van der Waals surface area (Å²) in [5.41, 5.74) is 2.14. The fourth-order valence-electron chi connectivity index (χ4n) is 2.25. The zero-order chi connectivity index (χ0) is 11.6. The van der Waals surface area contributed by atoms with Crippen molar-refractivity contribution in [1.29, 1.82) is 0 Å². The summed E-state index contributed by atoms with van der Waals surface area (Å²) in [5, 5.41) is 18.8. The maximum atomic E-state index is 9.68. The zero-order valence-corrected chi connectivity index (χ0v) is 9.96. The SMILES string of the molecule is CC1=C(C#CC(C)O)C(C)(C)CC(O)C1. The van der Waals surface area contributed by atoms with Crippen molar-refractivity contribution in [3.05, 3.63) is 11.1 Å². The van der Waals surface area contributed by atoms with Crippen molar-refractivity contribution in [3.63, 3.8) is 0 Å². The fourth-order valence-corrected chi connectivity index (χ4v) is 2.25. The number of hydrogen-bond donors (Lipinski definition) is 2. The zero-order valence-electron chi connectivity index (χ0n) is 9.96. The van der Waals surface area contributed by atoms with Gasteiger partial charge in [-0.25, -0.2) is 0 Å². The van der Waals surface area contributed by atoms with E-state index in [2.05, 4.69) is 25.7 Å². The molecule has 0 bridgehead atoms. The quantitative estimate of drug-likeness (QED) is 0.597. The Morgan fingerprint density at radius 3 is 2.53 bits per heavy atom. The molecule has 0 fully saturated rings. The summed E-state index contributed by atoms with van der Waals surface area (Å²) >= 11 is 0. The third-order valence-corrected chi connectivity index (χ3v) is 2.80. The average molecular weight is 208 g/mol. The molecule has 0 aliphatic heterocycles. The van der Waals surface area contributed by atoms with Gasteiger partial charge in [-0.15, -0.1) is 0 Å². The second kappa shape index (κ2) is 4.38. The summed E-state index contributed by atoms with van der Waals surface area (Å²) in [6.07, 6.45) is 0.603. The minimum atomic E-state index is -0.590. The molecule has 0 aromatic heterocycles. The van der Waals surface area contributed by atoms with Crippen LogP contribution in [0.2, 0.25) is 0 Å². The predicted octanol–water partition coefficient (Wildman–Crippen LogP) is 1.87. The highest BCUT2D eigenvalue weighted by atomic mass is 16.3. The molecule has 2 N–H and O–H groups in total. The maximum absolute atomic E-state index is 9.68. The van der Waals surface area contributed by atoms with Gasteiger partial charge in [0, 0.05) is 11.0 Å². The number of aliphatic hydroxyl groups excluding tert-OH is 2. The Labute approximate surface area is 92.0 Å². The van der Waals surface area contributed by atoms with Gasteiger partial charge >= 0.3 is 0 Å². The minimum Gasteiger partial charge on any atom is -0.393 e. The second-order valence-corrected chi connectivity index (χ2v) is 5.05. The summed E-state index contributed by atoms with van der Waals surface area (Å²) in [6.45, 7) is 7.85. The number of hydrogen-bond acceptors (Lipinski definition) is 2. The Balaban J connectivity index is 3.03. The highest BCUT2D eigenvalue weighted by molar-refractivity contribution is 5.40. The van der Waals surface area contributed by atoms with Gasteiger partial charge in [0.25, 0.3) is 0 Å². The molecule has 1 aliphatic rings. The molecule has 2 nitrogen and oxygen atoms in total. The Kier molecular flexibility index (Phi) is 3.59. The average Bonchev–Trinajstić information content (AvgIpc) is 1.98. The Hall–Kier alpha value is -0.780. The third kappa shape index (κ3) is 3.09. The van der Waals surface area contributed by atoms with Crippen LogP contribution in [0.5, 0.6) is 0 Å². The Morgan fingerprint density at radius 2 is 2.07 bits per heavy atom. The van der Waals surface area contributed by atoms with E-state index in [9.17, 15) is 5.11 Å². The van der Waals surface area contributed by atoms with Crippen LogP contribution in [0.4, 0.5) is 0 Å². The van der Waals surface area contributed by atoms with Crippen molar-refractivity contribution >= 4 is 0 Å². The van der Waals surface area contributed by atoms with Crippen LogP contribution in [-0.2, 0) is 0 Å². The standard InChI is InChI=1S/C13H20O2/c1-9-7-11(15)8-13(3,4)12(9)6-5-10(2)14/h10-11,14-15H,7-8H2,1-4H3. The van der Waals surface area contributed by atoms with E-state index in [1.165, 1.54) is 0 Å².